The molecule has 0 saturated heterocycles. The van der Waals surface area contributed by atoms with E-state index in [0.717, 1.165) is 5.56 Å². The van der Waals surface area contributed by atoms with Crippen molar-refractivity contribution >= 4 is 21.6 Å². The molecule has 0 unspecified atom stereocenters. The van der Waals surface area contributed by atoms with E-state index in [9.17, 15) is 26.4 Å². The van der Waals surface area contributed by atoms with Crippen molar-refractivity contribution in [3.63, 3.8) is 0 Å². The van der Waals surface area contributed by atoms with Crippen molar-refractivity contribution in [1.82, 2.24) is 4.72 Å². The Bertz CT molecular complexity index is 958. The maximum absolute atomic E-state index is 12.4. The Labute approximate surface area is 167 Å². The van der Waals surface area contributed by atoms with Gasteiger partial charge in [0.2, 0.25) is 15.9 Å². The third kappa shape index (κ3) is 7.06. The van der Waals surface area contributed by atoms with Crippen LogP contribution in [-0.4, -0.2) is 34.2 Å². The van der Waals surface area contributed by atoms with Crippen molar-refractivity contribution in [2.24, 2.45) is 0 Å². The Morgan fingerprint density at radius 1 is 1.10 bits per heavy atom. The molecule has 0 aliphatic carbocycles. The molecule has 2 rings (SSSR count). The summed E-state index contributed by atoms with van der Waals surface area (Å²) in [6.45, 7) is 0.241. The molecule has 0 aromatic heterocycles. The molecule has 0 bridgehead atoms. The van der Waals surface area contributed by atoms with Gasteiger partial charge in [0, 0.05) is 6.42 Å². The van der Waals surface area contributed by atoms with Crippen LogP contribution < -0.4 is 14.8 Å². The highest BCUT2D eigenvalue weighted by atomic mass is 32.2. The molecule has 0 heterocycles. The van der Waals surface area contributed by atoms with Gasteiger partial charge in [-0.1, -0.05) is 18.2 Å². The van der Waals surface area contributed by atoms with Crippen molar-refractivity contribution < 1.29 is 31.1 Å². The van der Waals surface area contributed by atoms with Crippen LogP contribution in [0.1, 0.15) is 17.5 Å². The molecule has 0 atom stereocenters. The van der Waals surface area contributed by atoms with E-state index < -0.39 is 28.7 Å². The lowest BCUT2D eigenvalue weighted by molar-refractivity contribution is -0.153. The molecule has 2 aromatic carbocycles. The van der Waals surface area contributed by atoms with Crippen molar-refractivity contribution in [3.8, 4) is 5.75 Å². The van der Waals surface area contributed by atoms with E-state index in [1.807, 2.05) is 0 Å². The number of carbonyl (C=O) groups is 1. The molecule has 158 valence electrons. The Hall–Kier alpha value is -2.59. The second kappa shape index (κ2) is 9.27. The fourth-order valence-electron chi connectivity index (χ4n) is 2.44. The maximum Gasteiger partial charge on any atom is 0.422 e. The predicted octanol–water partition coefficient (Wildman–Crippen LogP) is 3.42. The Kier molecular flexibility index (Phi) is 7.26. The summed E-state index contributed by atoms with van der Waals surface area (Å²) in [6, 6.07) is 10.6. The van der Waals surface area contributed by atoms with Crippen LogP contribution in [0.4, 0.5) is 18.9 Å². The van der Waals surface area contributed by atoms with Crippen molar-refractivity contribution in [3.05, 3.63) is 53.6 Å². The van der Waals surface area contributed by atoms with E-state index in [-0.39, 0.29) is 22.8 Å². The van der Waals surface area contributed by atoms with Crippen LogP contribution in [0.5, 0.6) is 5.75 Å². The van der Waals surface area contributed by atoms with Gasteiger partial charge in [0.25, 0.3) is 0 Å². The van der Waals surface area contributed by atoms with Gasteiger partial charge in [-0.3, -0.25) is 4.79 Å². The Morgan fingerprint density at radius 3 is 2.34 bits per heavy atom. The van der Waals surface area contributed by atoms with Crippen LogP contribution in [-0.2, 0) is 21.2 Å². The SMILES string of the molecule is CNS(=O)(=O)c1ccc(CCC(=O)Nc2ccc(C)cc2OCC(F)(F)F)cc1. The number of hydrogen-bond donors (Lipinski definition) is 2. The number of sulfonamides is 1. The standard InChI is InChI=1S/C19H21F3N2O4S/c1-13-3-9-16(17(11-13)28-12-19(20,21)22)24-18(25)10-6-14-4-7-15(8-5-14)29(26,27)23-2/h3-5,7-9,11,23H,6,10,12H2,1-2H3,(H,24,25). The molecule has 29 heavy (non-hydrogen) atoms. The van der Waals surface area contributed by atoms with Crippen LogP contribution in [0.25, 0.3) is 0 Å². The first-order chi connectivity index (χ1) is 13.5. The summed E-state index contributed by atoms with van der Waals surface area (Å²) in [5.74, 6) is -0.463. The molecule has 0 spiro atoms. The van der Waals surface area contributed by atoms with Crippen molar-refractivity contribution in [2.45, 2.75) is 30.8 Å². The number of halogens is 3. The van der Waals surface area contributed by atoms with Gasteiger partial charge in [0.05, 0.1) is 10.6 Å². The number of rotatable bonds is 8. The molecule has 0 aliphatic heterocycles. The average molecular weight is 430 g/mol. The zero-order chi connectivity index (χ0) is 21.7. The second-order valence-electron chi connectivity index (χ2n) is 6.30. The number of hydrogen-bond acceptors (Lipinski definition) is 4. The number of ether oxygens (including phenoxy) is 1. The number of alkyl halides is 3. The molecule has 0 radical (unpaired) electrons. The van der Waals surface area contributed by atoms with Gasteiger partial charge in [-0.25, -0.2) is 13.1 Å². The van der Waals surface area contributed by atoms with Crippen LogP contribution in [0.2, 0.25) is 0 Å². The van der Waals surface area contributed by atoms with Gasteiger partial charge in [0.1, 0.15) is 5.75 Å². The number of benzene rings is 2. The van der Waals surface area contributed by atoms with E-state index in [1.54, 1.807) is 25.1 Å². The molecule has 0 saturated carbocycles. The number of nitrogens with one attached hydrogen (secondary N) is 2. The van der Waals surface area contributed by atoms with Crippen molar-refractivity contribution in [1.29, 1.82) is 0 Å². The lowest BCUT2D eigenvalue weighted by Gasteiger charge is -2.14. The van der Waals surface area contributed by atoms with Gasteiger partial charge in [-0.05, 0) is 55.8 Å². The number of amides is 1. The van der Waals surface area contributed by atoms with Gasteiger partial charge < -0.3 is 10.1 Å². The molecule has 2 aromatic rings. The summed E-state index contributed by atoms with van der Waals surface area (Å²) in [6.07, 6.45) is -4.10. The smallest absolute Gasteiger partial charge is 0.422 e. The minimum absolute atomic E-state index is 0.0581. The van der Waals surface area contributed by atoms with E-state index in [1.165, 1.54) is 31.3 Å². The van der Waals surface area contributed by atoms with Gasteiger partial charge >= 0.3 is 6.18 Å². The molecule has 2 N–H and O–H groups in total. The number of anilines is 1. The lowest BCUT2D eigenvalue weighted by Crippen LogP contribution is -2.20. The first kappa shape index (κ1) is 22.7. The van der Waals surface area contributed by atoms with E-state index in [0.29, 0.717) is 12.0 Å². The van der Waals surface area contributed by atoms with Crippen LogP contribution >= 0.6 is 0 Å². The zero-order valence-electron chi connectivity index (χ0n) is 15.8. The Morgan fingerprint density at radius 2 is 1.76 bits per heavy atom. The first-order valence-electron chi connectivity index (χ1n) is 8.63. The largest absolute Gasteiger partial charge is 0.482 e. The average Bonchev–Trinajstić information content (AvgIpc) is 2.66. The highest BCUT2D eigenvalue weighted by molar-refractivity contribution is 7.89. The number of carbonyl (C=O) groups excluding carboxylic acids is 1. The molecule has 0 fully saturated rings. The van der Waals surface area contributed by atoms with Crippen LogP contribution in [0.15, 0.2) is 47.4 Å². The van der Waals surface area contributed by atoms with Crippen LogP contribution in [0, 0.1) is 6.92 Å². The fraction of sp³-hybridized carbons (Fsp3) is 0.316. The fourth-order valence-corrected chi connectivity index (χ4v) is 3.17. The van der Waals surface area contributed by atoms with E-state index >= 15 is 0 Å². The molecule has 0 aliphatic rings. The van der Waals surface area contributed by atoms with Gasteiger partial charge in [0.15, 0.2) is 6.61 Å². The highest BCUT2D eigenvalue weighted by Crippen LogP contribution is 2.28. The maximum atomic E-state index is 12.4. The lowest BCUT2D eigenvalue weighted by atomic mass is 10.1. The second-order valence-corrected chi connectivity index (χ2v) is 8.19. The summed E-state index contributed by atoms with van der Waals surface area (Å²) in [5.41, 5.74) is 1.59. The monoisotopic (exact) mass is 430 g/mol. The molecule has 10 heteroatoms. The highest BCUT2D eigenvalue weighted by Gasteiger charge is 2.29. The third-order valence-corrected chi connectivity index (χ3v) is 5.38. The molecule has 1 amide bonds. The van der Waals surface area contributed by atoms with Crippen LogP contribution in [0.3, 0.4) is 0 Å². The van der Waals surface area contributed by atoms with Gasteiger partial charge in [-0.2, -0.15) is 13.2 Å². The van der Waals surface area contributed by atoms with E-state index in [2.05, 4.69) is 10.0 Å². The molecular formula is C19H21F3N2O4S. The minimum Gasteiger partial charge on any atom is -0.482 e. The summed E-state index contributed by atoms with van der Waals surface area (Å²) in [7, 11) is -2.22. The summed E-state index contributed by atoms with van der Waals surface area (Å²) in [5, 5.41) is 2.55. The zero-order valence-corrected chi connectivity index (χ0v) is 16.7. The third-order valence-electron chi connectivity index (χ3n) is 3.95. The topological polar surface area (TPSA) is 84.5 Å². The van der Waals surface area contributed by atoms with E-state index in [4.69, 9.17) is 4.74 Å². The summed E-state index contributed by atoms with van der Waals surface area (Å²) in [4.78, 5) is 12.3. The molecular weight excluding hydrogens is 409 g/mol. The summed E-state index contributed by atoms with van der Waals surface area (Å²) >= 11 is 0. The normalized spacial score (nSPS) is 11.9. The van der Waals surface area contributed by atoms with Gasteiger partial charge in [-0.15, -0.1) is 0 Å². The predicted molar refractivity (Wildman–Crippen MR) is 102 cm³/mol. The first-order valence-corrected chi connectivity index (χ1v) is 10.1. The Balaban J connectivity index is 1.99. The minimum atomic E-state index is -4.49. The van der Waals surface area contributed by atoms with Crippen molar-refractivity contribution in [2.75, 3.05) is 19.0 Å². The number of aryl methyl sites for hydroxylation is 2. The molecule has 6 nitrogen and oxygen atoms in total. The summed E-state index contributed by atoms with van der Waals surface area (Å²) < 4.78 is 67.6. The quantitative estimate of drug-likeness (QED) is 0.672.